The normalized spacial score (nSPS) is 19.2. The second-order valence-electron chi connectivity index (χ2n) is 7.32. The van der Waals surface area contributed by atoms with Crippen LogP contribution >= 0.6 is 11.8 Å². The van der Waals surface area contributed by atoms with Crippen LogP contribution in [0.4, 0.5) is 0 Å². The van der Waals surface area contributed by atoms with Gasteiger partial charge in [0, 0.05) is 13.1 Å². The molecule has 0 aromatic heterocycles. The zero-order valence-corrected chi connectivity index (χ0v) is 17.9. The maximum absolute atomic E-state index is 12.4. The zero-order valence-electron chi connectivity index (χ0n) is 17.1. The molecule has 28 heavy (non-hydrogen) atoms. The van der Waals surface area contributed by atoms with Crippen LogP contribution in [0, 0.1) is 5.92 Å². The van der Waals surface area contributed by atoms with Crippen LogP contribution in [0.3, 0.4) is 0 Å². The summed E-state index contributed by atoms with van der Waals surface area (Å²) in [6.07, 6.45) is 6.31. The van der Waals surface area contributed by atoms with E-state index in [1.807, 2.05) is 31.2 Å². The lowest BCUT2D eigenvalue weighted by Gasteiger charge is -2.30. The van der Waals surface area contributed by atoms with E-state index in [1.165, 1.54) is 11.8 Å². The van der Waals surface area contributed by atoms with E-state index in [9.17, 15) is 4.79 Å². The lowest BCUT2D eigenvalue weighted by atomic mass is 10.00. The Bertz CT molecular complexity index is 752. The van der Waals surface area contributed by atoms with Gasteiger partial charge in [-0.05, 0) is 67.6 Å². The Labute approximate surface area is 172 Å². The van der Waals surface area contributed by atoms with E-state index < -0.39 is 0 Å². The molecule has 1 aromatic carbocycles. The van der Waals surface area contributed by atoms with Crippen LogP contribution < -0.4 is 9.47 Å². The van der Waals surface area contributed by atoms with E-state index in [-0.39, 0.29) is 5.91 Å². The van der Waals surface area contributed by atoms with E-state index in [1.54, 1.807) is 0 Å². The van der Waals surface area contributed by atoms with E-state index in [4.69, 9.17) is 9.47 Å². The molecule has 5 nitrogen and oxygen atoms in total. The number of unbranched alkanes of at least 4 members (excludes halogenated alkanes) is 1. The van der Waals surface area contributed by atoms with Crippen LogP contribution in [0.1, 0.15) is 52.0 Å². The average Bonchev–Trinajstić information content (AvgIpc) is 3.05. The number of nitrogens with zero attached hydrogens (tertiary/aromatic N) is 2. The minimum atomic E-state index is -0.153. The molecular formula is C22H30N2O3S. The largest absolute Gasteiger partial charge is 0.490 e. The maximum Gasteiger partial charge on any atom is 0.286 e. The Morgan fingerprint density at radius 1 is 1.21 bits per heavy atom. The van der Waals surface area contributed by atoms with Crippen molar-refractivity contribution >= 4 is 28.9 Å². The molecule has 2 heterocycles. The maximum atomic E-state index is 12.4. The highest BCUT2D eigenvalue weighted by molar-refractivity contribution is 8.18. The Morgan fingerprint density at radius 2 is 2.00 bits per heavy atom. The van der Waals surface area contributed by atoms with Gasteiger partial charge in [-0.1, -0.05) is 26.3 Å². The van der Waals surface area contributed by atoms with Gasteiger partial charge in [-0.15, -0.1) is 0 Å². The highest BCUT2D eigenvalue weighted by Gasteiger charge is 2.28. The molecule has 0 radical (unpaired) electrons. The molecule has 0 unspecified atom stereocenters. The number of carbonyl (C=O) groups excluding carboxylic acids is 1. The molecule has 0 N–H and O–H groups in total. The predicted molar refractivity (Wildman–Crippen MR) is 116 cm³/mol. The number of piperidine rings is 1. The van der Waals surface area contributed by atoms with Gasteiger partial charge in [0.2, 0.25) is 0 Å². The number of hydrogen-bond acceptors (Lipinski definition) is 5. The van der Waals surface area contributed by atoms with E-state index in [2.05, 4.69) is 23.7 Å². The number of benzene rings is 1. The van der Waals surface area contributed by atoms with Gasteiger partial charge < -0.3 is 14.4 Å². The summed E-state index contributed by atoms with van der Waals surface area (Å²) in [6.45, 7) is 9.58. The molecule has 0 saturated carbocycles. The topological polar surface area (TPSA) is 51.1 Å². The molecule has 0 atom stereocenters. The van der Waals surface area contributed by atoms with E-state index >= 15 is 0 Å². The minimum absolute atomic E-state index is 0.153. The molecule has 0 aliphatic carbocycles. The monoisotopic (exact) mass is 402 g/mol. The number of likely N-dealkylation sites (tertiary alicyclic amines) is 1. The van der Waals surface area contributed by atoms with Crippen molar-refractivity contribution in [1.82, 2.24) is 4.90 Å². The summed E-state index contributed by atoms with van der Waals surface area (Å²) in [6, 6.07) is 5.82. The molecular weight excluding hydrogens is 372 g/mol. The van der Waals surface area contributed by atoms with E-state index in [0.717, 1.165) is 66.9 Å². The number of ether oxygens (including phenoxy) is 2. The van der Waals surface area contributed by atoms with Crippen LogP contribution in [-0.4, -0.2) is 42.3 Å². The van der Waals surface area contributed by atoms with Crippen molar-refractivity contribution in [3.63, 3.8) is 0 Å². The Balaban J connectivity index is 1.70. The smallest absolute Gasteiger partial charge is 0.286 e. The second-order valence-corrected chi connectivity index (χ2v) is 8.33. The first-order valence-electron chi connectivity index (χ1n) is 10.3. The zero-order chi connectivity index (χ0) is 19.9. The van der Waals surface area contributed by atoms with Crippen LogP contribution in [-0.2, 0) is 4.79 Å². The third-order valence-corrected chi connectivity index (χ3v) is 6.03. The van der Waals surface area contributed by atoms with Crippen molar-refractivity contribution in [2.75, 3.05) is 26.3 Å². The van der Waals surface area contributed by atoms with Crippen molar-refractivity contribution in [3.8, 4) is 11.5 Å². The molecule has 1 fully saturated rings. The number of thioether (sulfide) groups is 1. The number of aliphatic imine (C=N–C) groups is 1. The number of carbonyl (C=O) groups is 1. The molecule has 1 amide bonds. The second kappa shape index (κ2) is 10.0. The molecule has 2 aliphatic rings. The summed E-state index contributed by atoms with van der Waals surface area (Å²) in [4.78, 5) is 19.6. The highest BCUT2D eigenvalue weighted by Crippen LogP contribution is 2.34. The fraction of sp³-hybridized carbons (Fsp3) is 0.545. The third kappa shape index (κ3) is 5.31. The van der Waals surface area contributed by atoms with E-state index in [0.29, 0.717) is 18.1 Å². The average molecular weight is 403 g/mol. The van der Waals surface area contributed by atoms with Gasteiger partial charge in [-0.2, -0.15) is 4.99 Å². The Hall–Kier alpha value is -1.95. The van der Waals surface area contributed by atoms with Crippen LogP contribution in [0.25, 0.3) is 6.08 Å². The Morgan fingerprint density at radius 3 is 2.71 bits per heavy atom. The summed E-state index contributed by atoms with van der Waals surface area (Å²) in [5.41, 5.74) is 0.922. The van der Waals surface area contributed by atoms with Crippen molar-refractivity contribution in [2.45, 2.75) is 46.5 Å². The van der Waals surface area contributed by atoms with Crippen LogP contribution in [0.2, 0.25) is 0 Å². The number of amides is 1. The highest BCUT2D eigenvalue weighted by atomic mass is 32.2. The molecule has 0 spiro atoms. The first-order chi connectivity index (χ1) is 13.6. The Kier molecular flexibility index (Phi) is 7.43. The third-order valence-electron chi connectivity index (χ3n) is 4.98. The summed E-state index contributed by atoms with van der Waals surface area (Å²) in [7, 11) is 0. The van der Waals surface area contributed by atoms with Crippen molar-refractivity contribution in [1.29, 1.82) is 0 Å². The fourth-order valence-electron chi connectivity index (χ4n) is 3.21. The summed E-state index contributed by atoms with van der Waals surface area (Å²) < 4.78 is 11.6. The molecule has 3 rings (SSSR count). The number of amidine groups is 1. The number of hydrogen-bond donors (Lipinski definition) is 0. The predicted octanol–water partition coefficient (Wildman–Crippen LogP) is 4.97. The summed E-state index contributed by atoms with van der Waals surface area (Å²) in [5, 5.41) is 0.840. The van der Waals surface area contributed by atoms with Crippen LogP contribution in [0.15, 0.2) is 28.1 Å². The van der Waals surface area contributed by atoms with Crippen LogP contribution in [0.5, 0.6) is 11.5 Å². The number of rotatable bonds is 7. The molecule has 0 bridgehead atoms. The first-order valence-corrected chi connectivity index (χ1v) is 11.1. The molecule has 1 saturated heterocycles. The summed E-state index contributed by atoms with van der Waals surface area (Å²) in [5.74, 6) is 2.07. The lowest BCUT2D eigenvalue weighted by molar-refractivity contribution is -0.113. The molecule has 2 aliphatic heterocycles. The van der Waals surface area contributed by atoms with Gasteiger partial charge in [0.1, 0.15) is 0 Å². The first kappa shape index (κ1) is 20.8. The molecule has 1 aromatic rings. The SMILES string of the molecule is CCCCOc1ccc(/C=C2/SC(N3CCC(C)CC3)=NC2=O)cc1OCC. The van der Waals surface area contributed by atoms with Crippen molar-refractivity contribution in [2.24, 2.45) is 10.9 Å². The van der Waals surface area contributed by atoms with Gasteiger partial charge in [0.05, 0.1) is 18.1 Å². The van der Waals surface area contributed by atoms with Gasteiger partial charge >= 0.3 is 0 Å². The quantitative estimate of drug-likeness (QED) is 0.476. The fourth-order valence-corrected chi connectivity index (χ4v) is 4.18. The van der Waals surface area contributed by atoms with Crippen molar-refractivity contribution < 1.29 is 14.3 Å². The van der Waals surface area contributed by atoms with Gasteiger partial charge in [0.15, 0.2) is 16.7 Å². The standard InChI is InChI=1S/C22H30N2O3S/c1-4-6-13-27-18-8-7-17(14-19(18)26-5-2)15-20-21(25)23-22(28-20)24-11-9-16(3)10-12-24/h7-8,14-16H,4-6,9-13H2,1-3H3/b20-15+. The van der Waals surface area contributed by atoms with Gasteiger partial charge in [0.25, 0.3) is 5.91 Å². The van der Waals surface area contributed by atoms with Gasteiger partial charge in [-0.3, -0.25) is 4.79 Å². The summed E-state index contributed by atoms with van der Waals surface area (Å²) >= 11 is 1.48. The van der Waals surface area contributed by atoms with Crippen molar-refractivity contribution in [3.05, 3.63) is 28.7 Å². The minimum Gasteiger partial charge on any atom is -0.490 e. The molecule has 6 heteroatoms. The van der Waals surface area contributed by atoms with Gasteiger partial charge in [-0.25, -0.2) is 0 Å². The molecule has 152 valence electrons. The lowest BCUT2D eigenvalue weighted by Crippen LogP contribution is -2.35.